The number of fused-ring (bicyclic) bond motifs is 1. The third kappa shape index (κ3) is 4.57. The van der Waals surface area contributed by atoms with Gasteiger partial charge in [0.2, 0.25) is 10.0 Å². The maximum atomic E-state index is 13.0. The summed E-state index contributed by atoms with van der Waals surface area (Å²) in [6.07, 6.45) is 0. The molecule has 0 unspecified atom stereocenters. The van der Waals surface area contributed by atoms with Gasteiger partial charge in [0.05, 0.1) is 5.69 Å². The molecule has 0 fully saturated rings. The summed E-state index contributed by atoms with van der Waals surface area (Å²) in [5, 5.41) is 9.94. The molecular formula is C29H22N2O3S. The normalized spacial score (nSPS) is 11.3. The van der Waals surface area contributed by atoms with Crippen LogP contribution in [-0.4, -0.2) is 14.3 Å². The minimum absolute atomic E-state index is 0.118. The first kappa shape index (κ1) is 22.5. The Bertz CT molecular complexity index is 1630. The lowest BCUT2D eigenvalue weighted by Gasteiger charge is -2.18. The van der Waals surface area contributed by atoms with Gasteiger partial charge in [0, 0.05) is 16.5 Å². The second kappa shape index (κ2) is 9.18. The van der Waals surface area contributed by atoms with Crippen LogP contribution in [0.4, 0.5) is 5.69 Å². The maximum Gasteiger partial charge on any atom is 0.255 e. The van der Waals surface area contributed by atoms with Crippen molar-refractivity contribution < 1.29 is 13.2 Å². The molecule has 0 spiro atoms. The van der Waals surface area contributed by atoms with Crippen molar-refractivity contribution in [2.24, 2.45) is 5.14 Å². The first-order valence-electron chi connectivity index (χ1n) is 11.0. The molecule has 5 aromatic rings. The van der Waals surface area contributed by atoms with Crippen LogP contribution < -0.4 is 10.5 Å². The zero-order chi connectivity index (χ0) is 24.4. The number of primary sulfonamides is 1. The Morgan fingerprint density at radius 1 is 0.657 bits per heavy atom. The Labute approximate surface area is 203 Å². The van der Waals surface area contributed by atoms with E-state index >= 15 is 0 Å². The van der Waals surface area contributed by atoms with Crippen molar-refractivity contribution in [2.75, 3.05) is 5.32 Å². The molecule has 0 aliphatic heterocycles. The molecule has 5 aromatic carbocycles. The van der Waals surface area contributed by atoms with Crippen LogP contribution in [-0.2, 0) is 10.0 Å². The molecule has 3 N–H and O–H groups in total. The van der Waals surface area contributed by atoms with Gasteiger partial charge in [-0.25, -0.2) is 13.6 Å². The zero-order valence-electron chi connectivity index (χ0n) is 18.7. The van der Waals surface area contributed by atoms with Crippen molar-refractivity contribution in [1.29, 1.82) is 0 Å². The third-order valence-corrected chi connectivity index (χ3v) is 6.86. The number of anilines is 1. The number of hydrogen-bond donors (Lipinski definition) is 2. The quantitative estimate of drug-likeness (QED) is 0.321. The lowest BCUT2D eigenvalue weighted by molar-refractivity contribution is 0.102. The Hall–Kier alpha value is -4.26. The lowest BCUT2D eigenvalue weighted by Crippen LogP contribution is -2.20. The second-order valence-electron chi connectivity index (χ2n) is 8.16. The summed E-state index contributed by atoms with van der Waals surface area (Å²) in [4.78, 5) is 12.9. The van der Waals surface area contributed by atoms with Gasteiger partial charge in [0.1, 0.15) is 4.90 Å². The standard InChI is InChI=1S/C29H22N2O3S/c30-35(33,34)28-26(22-17-15-21(16-18-22)20-9-3-1-4-10-20)19-24-13-7-8-14-25(24)27(28)31-29(32)23-11-5-2-6-12-23/h1-19H,(H,31,32)(H2,30,33,34). The maximum absolute atomic E-state index is 13.0. The summed E-state index contributed by atoms with van der Waals surface area (Å²) in [5.41, 5.74) is 3.74. The predicted octanol–water partition coefficient (Wildman–Crippen LogP) is 6.07. The highest BCUT2D eigenvalue weighted by Crippen LogP contribution is 2.39. The first-order chi connectivity index (χ1) is 16.9. The number of nitrogens with two attached hydrogens (primary N) is 1. The number of benzene rings is 5. The van der Waals surface area contributed by atoms with E-state index in [0.29, 0.717) is 22.1 Å². The summed E-state index contributed by atoms with van der Waals surface area (Å²) in [6.45, 7) is 0. The average molecular weight is 479 g/mol. The minimum Gasteiger partial charge on any atom is -0.320 e. The van der Waals surface area contributed by atoms with Crippen LogP contribution in [0.3, 0.4) is 0 Å². The molecule has 0 aromatic heterocycles. The summed E-state index contributed by atoms with van der Waals surface area (Å²) >= 11 is 0. The van der Waals surface area contributed by atoms with Gasteiger partial charge in [-0.3, -0.25) is 4.79 Å². The molecule has 0 bridgehead atoms. The molecule has 35 heavy (non-hydrogen) atoms. The van der Waals surface area contributed by atoms with Crippen LogP contribution in [0.1, 0.15) is 10.4 Å². The van der Waals surface area contributed by atoms with Crippen molar-refractivity contribution in [2.45, 2.75) is 4.90 Å². The highest BCUT2D eigenvalue weighted by atomic mass is 32.2. The van der Waals surface area contributed by atoms with Crippen LogP contribution >= 0.6 is 0 Å². The van der Waals surface area contributed by atoms with E-state index < -0.39 is 15.9 Å². The molecule has 6 heteroatoms. The molecule has 1 amide bonds. The van der Waals surface area contributed by atoms with E-state index in [0.717, 1.165) is 16.5 Å². The van der Waals surface area contributed by atoms with E-state index in [1.807, 2.05) is 72.8 Å². The second-order valence-corrected chi connectivity index (χ2v) is 9.66. The molecule has 0 saturated carbocycles. The van der Waals surface area contributed by atoms with Crippen molar-refractivity contribution in [3.63, 3.8) is 0 Å². The van der Waals surface area contributed by atoms with Crippen LogP contribution in [0.15, 0.2) is 120 Å². The fourth-order valence-electron chi connectivity index (χ4n) is 4.21. The van der Waals surface area contributed by atoms with E-state index in [9.17, 15) is 13.2 Å². The van der Waals surface area contributed by atoms with Gasteiger partial charge in [0.25, 0.3) is 5.91 Å². The first-order valence-corrected chi connectivity index (χ1v) is 12.6. The van der Waals surface area contributed by atoms with Crippen molar-refractivity contribution in [3.05, 3.63) is 121 Å². The molecule has 172 valence electrons. The highest BCUT2D eigenvalue weighted by Gasteiger charge is 2.25. The van der Waals surface area contributed by atoms with Gasteiger partial charge < -0.3 is 5.32 Å². The summed E-state index contributed by atoms with van der Waals surface area (Å²) in [6, 6.07) is 35.3. The van der Waals surface area contributed by atoms with E-state index in [1.165, 1.54) is 0 Å². The van der Waals surface area contributed by atoms with Crippen LogP contribution in [0.5, 0.6) is 0 Å². The largest absolute Gasteiger partial charge is 0.320 e. The van der Waals surface area contributed by atoms with Crippen LogP contribution in [0, 0.1) is 0 Å². The number of nitrogens with one attached hydrogen (secondary N) is 1. The monoisotopic (exact) mass is 478 g/mol. The summed E-state index contributed by atoms with van der Waals surface area (Å²) < 4.78 is 25.8. The van der Waals surface area contributed by atoms with Gasteiger partial charge in [-0.1, -0.05) is 97.1 Å². The topological polar surface area (TPSA) is 89.3 Å². The fourth-order valence-corrected chi connectivity index (χ4v) is 5.14. The highest BCUT2D eigenvalue weighted by molar-refractivity contribution is 7.89. The van der Waals surface area contributed by atoms with E-state index in [-0.39, 0.29) is 10.6 Å². The molecule has 0 aliphatic rings. The molecule has 0 radical (unpaired) electrons. The van der Waals surface area contributed by atoms with Gasteiger partial charge in [-0.05, 0) is 40.3 Å². The number of amides is 1. The Morgan fingerprint density at radius 2 is 1.20 bits per heavy atom. The zero-order valence-corrected chi connectivity index (χ0v) is 19.5. The van der Waals surface area contributed by atoms with E-state index in [4.69, 9.17) is 5.14 Å². The van der Waals surface area contributed by atoms with Gasteiger partial charge in [-0.2, -0.15) is 0 Å². The fraction of sp³-hybridized carbons (Fsp3) is 0. The van der Waals surface area contributed by atoms with Crippen molar-refractivity contribution in [3.8, 4) is 22.3 Å². The molecule has 0 aliphatic carbocycles. The lowest BCUT2D eigenvalue weighted by atomic mass is 9.97. The molecule has 5 nitrogen and oxygen atoms in total. The molecular weight excluding hydrogens is 456 g/mol. The summed E-state index contributed by atoms with van der Waals surface area (Å²) in [7, 11) is -4.21. The molecule has 0 saturated heterocycles. The SMILES string of the molecule is NS(=O)(=O)c1c(-c2ccc(-c3ccccc3)cc2)cc2ccccc2c1NC(=O)c1ccccc1. The molecule has 0 atom stereocenters. The molecule has 0 heterocycles. The minimum atomic E-state index is -4.21. The third-order valence-electron chi connectivity index (χ3n) is 5.86. The predicted molar refractivity (Wildman–Crippen MR) is 141 cm³/mol. The van der Waals surface area contributed by atoms with Crippen molar-refractivity contribution >= 4 is 32.4 Å². The van der Waals surface area contributed by atoms with Crippen LogP contribution in [0.25, 0.3) is 33.0 Å². The average Bonchev–Trinajstić information content (AvgIpc) is 2.89. The number of sulfonamides is 1. The number of carbonyl (C=O) groups is 1. The van der Waals surface area contributed by atoms with E-state index in [2.05, 4.69) is 5.32 Å². The molecule has 5 rings (SSSR count). The van der Waals surface area contributed by atoms with Crippen molar-refractivity contribution in [1.82, 2.24) is 0 Å². The van der Waals surface area contributed by atoms with Crippen LogP contribution in [0.2, 0.25) is 0 Å². The number of hydrogen-bond acceptors (Lipinski definition) is 3. The number of rotatable bonds is 5. The summed E-state index contributed by atoms with van der Waals surface area (Å²) in [5.74, 6) is -0.419. The smallest absolute Gasteiger partial charge is 0.255 e. The Kier molecular flexibility index (Phi) is 5.91. The Balaban J connectivity index is 1.70. The van der Waals surface area contributed by atoms with Gasteiger partial charge in [-0.15, -0.1) is 0 Å². The van der Waals surface area contributed by atoms with E-state index in [1.54, 1.807) is 42.5 Å². The Morgan fingerprint density at radius 3 is 1.86 bits per heavy atom. The number of carbonyl (C=O) groups excluding carboxylic acids is 1. The van der Waals surface area contributed by atoms with Gasteiger partial charge in [0.15, 0.2) is 0 Å². The van der Waals surface area contributed by atoms with Gasteiger partial charge >= 0.3 is 0 Å².